The molecule has 4 nitrogen and oxygen atoms in total. The summed E-state index contributed by atoms with van der Waals surface area (Å²) < 4.78 is 0. The Balaban J connectivity index is 3.14. The van der Waals surface area contributed by atoms with Gasteiger partial charge in [0.05, 0.1) is 0 Å². The maximum atomic E-state index is 9.56. The number of allylic oxidation sites excluding steroid dienone is 1. The predicted octanol–water partition coefficient (Wildman–Crippen LogP) is 2.04. The fourth-order valence-corrected chi connectivity index (χ4v) is 1.07. The van der Waals surface area contributed by atoms with Crippen LogP contribution in [0.3, 0.4) is 0 Å². The van der Waals surface area contributed by atoms with Gasteiger partial charge in [0, 0.05) is 18.3 Å². The molecule has 0 aliphatic heterocycles. The molecule has 0 atom stereocenters. The lowest BCUT2D eigenvalue weighted by Crippen LogP contribution is -1.90. The van der Waals surface area contributed by atoms with Crippen LogP contribution in [0.4, 0.5) is 5.69 Å². The Morgan fingerprint density at radius 1 is 1.20 bits per heavy atom. The summed E-state index contributed by atoms with van der Waals surface area (Å²) in [6.07, 6.45) is 0. The number of nitrogens with one attached hydrogen (secondary N) is 1. The minimum absolute atomic E-state index is 0.285. The highest BCUT2D eigenvalue weighted by molar-refractivity contribution is 5.70. The SMILES string of the molecule is CNc1ccc(C(O)=C(C#N)C#N)cc1. The zero-order valence-electron chi connectivity index (χ0n) is 8.15. The van der Waals surface area contributed by atoms with Crippen LogP contribution in [-0.4, -0.2) is 12.2 Å². The van der Waals surface area contributed by atoms with Crippen molar-refractivity contribution in [3.8, 4) is 12.1 Å². The molecule has 74 valence electrons. The number of benzene rings is 1. The van der Waals surface area contributed by atoms with E-state index in [2.05, 4.69) is 5.32 Å². The van der Waals surface area contributed by atoms with Crippen molar-refractivity contribution >= 4 is 11.4 Å². The topological polar surface area (TPSA) is 79.8 Å². The summed E-state index contributed by atoms with van der Waals surface area (Å²) in [7, 11) is 1.78. The van der Waals surface area contributed by atoms with Gasteiger partial charge < -0.3 is 10.4 Å². The third-order valence-corrected chi connectivity index (χ3v) is 1.91. The lowest BCUT2D eigenvalue weighted by molar-refractivity contribution is 0.510. The number of anilines is 1. The summed E-state index contributed by atoms with van der Waals surface area (Å²) >= 11 is 0. The van der Waals surface area contributed by atoms with Crippen LogP contribution in [0.2, 0.25) is 0 Å². The Bertz CT molecular complexity index is 444. The van der Waals surface area contributed by atoms with Crippen LogP contribution in [0.5, 0.6) is 0 Å². The lowest BCUT2D eigenvalue weighted by atomic mass is 10.1. The van der Waals surface area contributed by atoms with Crippen molar-refractivity contribution in [3.63, 3.8) is 0 Å². The minimum Gasteiger partial charge on any atom is -0.505 e. The van der Waals surface area contributed by atoms with Crippen molar-refractivity contribution in [2.75, 3.05) is 12.4 Å². The van der Waals surface area contributed by atoms with Crippen molar-refractivity contribution in [3.05, 3.63) is 35.4 Å². The molecular weight excluding hydrogens is 190 g/mol. The van der Waals surface area contributed by atoms with E-state index < -0.39 is 0 Å². The van der Waals surface area contributed by atoms with E-state index in [-0.39, 0.29) is 11.3 Å². The van der Waals surface area contributed by atoms with Crippen LogP contribution in [0.25, 0.3) is 5.76 Å². The third kappa shape index (κ3) is 2.26. The highest BCUT2D eigenvalue weighted by atomic mass is 16.3. The summed E-state index contributed by atoms with van der Waals surface area (Å²) in [5, 5.41) is 29.6. The van der Waals surface area contributed by atoms with Gasteiger partial charge >= 0.3 is 0 Å². The second-order valence-corrected chi connectivity index (χ2v) is 2.77. The van der Waals surface area contributed by atoms with E-state index >= 15 is 0 Å². The first kappa shape index (κ1) is 10.6. The van der Waals surface area contributed by atoms with Gasteiger partial charge in [-0.05, 0) is 24.3 Å². The Labute approximate surface area is 87.7 Å². The van der Waals surface area contributed by atoms with E-state index in [0.717, 1.165) is 5.69 Å². The Kier molecular flexibility index (Phi) is 3.32. The molecule has 0 bridgehead atoms. The molecule has 1 rings (SSSR count). The van der Waals surface area contributed by atoms with Gasteiger partial charge in [0.1, 0.15) is 12.1 Å². The number of nitriles is 2. The molecule has 2 N–H and O–H groups in total. The van der Waals surface area contributed by atoms with Crippen LogP contribution in [0.15, 0.2) is 29.8 Å². The fourth-order valence-electron chi connectivity index (χ4n) is 1.07. The molecule has 0 fully saturated rings. The fraction of sp³-hybridized carbons (Fsp3) is 0.0909. The number of aliphatic hydroxyl groups excluding tert-OH is 1. The highest BCUT2D eigenvalue weighted by Gasteiger charge is 2.06. The quantitative estimate of drug-likeness (QED) is 0.564. The first-order valence-electron chi connectivity index (χ1n) is 4.24. The van der Waals surface area contributed by atoms with E-state index in [0.29, 0.717) is 5.56 Å². The van der Waals surface area contributed by atoms with E-state index in [1.165, 1.54) is 0 Å². The molecule has 0 heterocycles. The molecule has 0 unspecified atom stereocenters. The molecule has 0 spiro atoms. The average Bonchev–Trinajstić information content (AvgIpc) is 2.30. The molecule has 0 aromatic heterocycles. The maximum absolute atomic E-state index is 9.56. The standard InChI is InChI=1S/C11H9N3O/c1-14-10-4-2-8(3-5-10)11(15)9(6-12)7-13/h2-5,14-15H,1H3. The Morgan fingerprint density at radius 2 is 1.73 bits per heavy atom. The largest absolute Gasteiger partial charge is 0.505 e. The second-order valence-electron chi connectivity index (χ2n) is 2.77. The van der Waals surface area contributed by atoms with Crippen LogP contribution in [0.1, 0.15) is 5.56 Å². The number of hydrogen-bond acceptors (Lipinski definition) is 4. The van der Waals surface area contributed by atoms with Crippen molar-refractivity contribution in [1.29, 1.82) is 10.5 Å². The van der Waals surface area contributed by atoms with Crippen LogP contribution >= 0.6 is 0 Å². The van der Waals surface area contributed by atoms with Crippen LogP contribution < -0.4 is 5.32 Å². The number of nitrogens with zero attached hydrogens (tertiary/aromatic N) is 2. The van der Waals surface area contributed by atoms with Crippen molar-refractivity contribution in [1.82, 2.24) is 0 Å². The lowest BCUT2D eigenvalue weighted by Gasteiger charge is -2.02. The Hall–Kier alpha value is -2.46. The van der Waals surface area contributed by atoms with Gasteiger partial charge in [-0.15, -0.1) is 0 Å². The molecule has 4 heteroatoms. The van der Waals surface area contributed by atoms with Crippen LogP contribution in [0, 0.1) is 22.7 Å². The molecule has 0 saturated carbocycles. The summed E-state index contributed by atoms with van der Waals surface area (Å²) in [5.41, 5.74) is 1.06. The summed E-state index contributed by atoms with van der Waals surface area (Å²) in [4.78, 5) is 0. The number of rotatable bonds is 2. The molecule has 1 aromatic carbocycles. The predicted molar refractivity (Wildman–Crippen MR) is 56.8 cm³/mol. The van der Waals surface area contributed by atoms with Gasteiger partial charge in [0.25, 0.3) is 0 Å². The van der Waals surface area contributed by atoms with E-state index in [1.807, 2.05) is 0 Å². The van der Waals surface area contributed by atoms with Gasteiger partial charge in [-0.2, -0.15) is 10.5 Å². The second kappa shape index (κ2) is 4.69. The first-order valence-corrected chi connectivity index (χ1v) is 4.24. The maximum Gasteiger partial charge on any atom is 0.171 e. The van der Waals surface area contributed by atoms with Gasteiger partial charge in [-0.1, -0.05) is 0 Å². The normalized spacial score (nSPS) is 8.47. The summed E-state index contributed by atoms with van der Waals surface area (Å²) in [6.45, 7) is 0. The number of aliphatic hydroxyl groups is 1. The Morgan fingerprint density at radius 3 is 2.13 bits per heavy atom. The minimum atomic E-state index is -0.289. The molecule has 0 radical (unpaired) electrons. The van der Waals surface area contributed by atoms with Crippen molar-refractivity contribution < 1.29 is 5.11 Å². The van der Waals surface area contributed by atoms with E-state index in [1.54, 1.807) is 43.5 Å². The zero-order valence-corrected chi connectivity index (χ0v) is 8.15. The summed E-state index contributed by atoms with van der Waals surface area (Å²) in [5.74, 6) is -0.289. The molecule has 0 saturated heterocycles. The highest BCUT2D eigenvalue weighted by Crippen LogP contribution is 2.17. The molecule has 1 aromatic rings. The third-order valence-electron chi connectivity index (χ3n) is 1.91. The molecule has 0 aliphatic carbocycles. The van der Waals surface area contributed by atoms with Gasteiger partial charge in [-0.25, -0.2) is 0 Å². The van der Waals surface area contributed by atoms with Gasteiger partial charge in [0.15, 0.2) is 11.3 Å². The molecule has 15 heavy (non-hydrogen) atoms. The molecule has 0 aliphatic rings. The van der Waals surface area contributed by atoms with Gasteiger partial charge in [-0.3, -0.25) is 0 Å². The van der Waals surface area contributed by atoms with E-state index in [4.69, 9.17) is 10.5 Å². The number of hydrogen-bond donors (Lipinski definition) is 2. The monoisotopic (exact) mass is 199 g/mol. The average molecular weight is 199 g/mol. The zero-order chi connectivity index (χ0) is 11.3. The van der Waals surface area contributed by atoms with Crippen molar-refractivity contribution in [2.45, 2.75) is 0 Å². The molecular formula is C11H9N3O. The van der Waals surface area contributed by atoms with Gasteiger partial charge in [0.2, 0.25) is 0 Å². The molecule has 0 amide bonds. The van der Waals surface area contributed by atoms with E-state index in [9.17, 15) is 5.11 Å². The summed E-state index contributed by atoms with van der Waals surface area (Å²) in [6, 6.07) is 10.0. The van der Waals surface area contributed by atoms with Crippen LogP contribution in [-0.2, 0) is 0 Å². The first-order chi connectivity index (χ1) is 7.22. The smallest absolute Gasteiger partial charge is 0.171 e. The van der Waals surface area contributed by atoms with Crippen molar-refractivity contribution in [2.24, 2.45) is 0 Å².